The highest BCUT2D eigenvalue weighted by molar-refractivity contribution is 6.25. The number of alkyl halides is 2. The number of aromatic nitrogens is 2. The van der Waals surface area contributed by atoms with Gasteiger partial charge in [0.2, 0.25) is 29.5 Å². The number of benzene rings is 1. The van der Waals surface area contributed by atoms with Crippen LogP contribution in [0.2, 0.25) is 0 Å². The normalized spacial score (nSPS) is 18.0. The zero-order chi connectivity index (χ0) is 47.5. The second-order valence-electron chi connectivity index (χ2n) is 17.3. The van der Waals surface area contributed by atoms with E-state index in [4.69, 9.17) is 0 Å². The van der Waals surface area contributed by atoms with E-state index in [1.165, 1.54) is 12.3 Å². The molecule has 6 heterocycles. The topological polar surface area (TPSA) is 239 Å². The molecular formula is C47H55F2N11O7. The number of likely N-dealkylation sites (tertiary alicyclic amines) is 1. The zero-order valence-corrected chi connectivity index (χ0v) is 37.2. The maximum atomic E-state index is 14.2. The van der Waals surface area contributed by atoms with Crippen LogP contribution in [-0.4, -0.2) is 119 Å². The molecule has 2 aromatic heterocycles. The number of anilines is 4. The van der Waals surface area contributed by atoms with Crippen LogP contribution in [0.5, 0.6) is 0 Å². The van der Waals surface area contributed by atoms with Crippen molar-refractivity contribution in [2.24, 2.45) is 0 Å². The molecule has 3 saturated heterocycles. The molecule has 67 heavy (non-hydrogen) atoms. The van der Waals surface area contributed by atoms with E-state index in [0.29, 0.717) is 81.3 Å². The highest BCUT2D eigenvalue weighted by atomic mass is 19.3. The lowest BCUT2D eigenvalue weighted by molar-refractivity contribution is -0.136. The van der Waals surface area contributed by atoms with E-state index in [1.807, 2.05) is 17.0 Å². The Morgan fingerprint density at radius 1 is 0.851 bits per heavy atom. The lowest BCUT2D eigenvalue weighted by Gasteiger charge is -2.33. The number of carbonyl (C=O) groups excluding carboxylic acids is 7. The Hall–Kier alpha value is -7.04. The number of rotatable bonds is 20. The summed E-state index contributed by atoms with van der Waals surface area (Å²) in [7, 11) is 0. The van der Waals surface area contributed by atoms with E-state index in [2.05, 4.69) is 42.6 Å². The third-order valence-electron chi connectivity index (χ3n) is 12.5. The summed E-state index contributed by atoms with van der Waals surface area (Å²) >= 11 is 0. The first-order chi connectivity index (χ1) is 32.3. The molecule has 18 nitrogen and oxygen atoms in total. The molecule has 0 spiro atoms. The molecule has 0 bridgehead atoms. The molecule has 7 amide bonds. The fourth-order valence-corrected chi connectivity index (χ4v) is 8.86. The van der Waals surface area contributed by atoms with E-state index >= 15 is 0 Å². The summed E-state index contributed by atoms with van der Waals surface area (Å²) in [6.45, 7) is 1.62. The number of nitrogens with one attached hydrogen (secondary N) is 5. The van der Waals surface area contributed by atoms with Gasteiger partial charge in [0.15, 0.2) is 0 Å². The van der Waals surface area contributed by atoms with E-state index in [0.717, 1.165) is 42.6 Å². The molecule has 0 aliphatic carbocycles. The number of carbonyl (C=O) groups is 7. The predicted molar refractivity (Wildman–Crippen MR) is 241 cm³/mol. The third-order valence-corrected chi connectivity index (χ3v) is 12.5. The number of nitrogens with zero attached hydrogens (tertiary/aromatic N) is 6. The van der Waals surface area contributed by atoms with Crippen molar-refractivity contribution in [2.45, 2.75) is 101 Å². The van der Waals surface area contributed by atoms with Crippen molar-refractivity contribution in [3.8, 4) is 6.07 Å². The highest BCUT2D eigenvalue weighted by Gasteiger charge is 2.46. The summed E-state index contributed by atoms with van der Waals surface area (Å²) in [6, 6.07) is 12.6. The standard InChI is InChI=1S/C47H55F2N11O7/c48-47(49)17-23-59(29-47)38-26-32(25-37(56-38)55-36-24-30(27-50)14-20-51-36)31-15-21-58(22-16-31)42(64)11-4-2-1-3-10-39(61)52-18-5-6-19-53-41(63)28-54-34-9-7-8-33-43(34)46(67)60(45(33)66)35-12-13-40(62)57-44(35)65/h7-9,14,20,24-26,31,35,54H,1-6,10-13,15-19,21-23,28-29H2,(H,52,61)(H,53,63)(H,51,55,56)(H,57,62,65). The van der Waals surface area contributed by atoms with E-state index in [-0.39, 0.29) is 72.8 Å². The van der Waals surface area contributed by atoms with Gasteiger partial charge in [0.1, 0.15) is 23.5 Å². The van der Waals surface area contributed by atoms with Crippen molar-refractivity contribution in [1.82, 2.24) is 35.7 Å². The minimum atomic E-state index is -2.79. The van der Waals surface area contributed by atoms with Gasteiger partial charge >= 0.3 is 0 Å². The average Bonchev–Trinajstić information content (AvgIpc) is 3.82. The summed E-state index contributed by atoms with van der Waals surface area (Å²) in [5.74, 6) is -4.11. The molecule has 7 rings (SSSR count). The fraction of sp³-hybridized carbons (Fsp3) is 0.489. The average molecular weight is 924 g/mol. The lowest BCUT2D eigenvalue weighted by Crippen LogP contribution is -2.54. The lowest BCUT2D eigenvalue weighted by atomic mass is 9.89. The van der Waals surface area contributed by atoms with Crippen molar-refractivity contribution < 1.29 is 42.3 Å². The summed E-state index contributed by atoms with van der Waals surface area (Å²) in [4.78, 5) is 102. The summed E-state index contributed by atoms with van der Waals surface area (Å²) in [5, 5.41) is 23.2. The van der Waals surface area contributed by atoms with Gasteiger partial charge in [-0.25, -0.2) is 18.7 Å². The van der Waals surface area contributed by atoms with Gasteiger partial charge in [-0.05, 0) is 92.8 Å². The Balaban J connectivity index is 0.736. The quantitative estimate of drug-likeness (QED) is 0.0776. The van der Waals surface area contributed by atoms with Crippen LogP contribution in [0.3, 0.4) is 0 Å². The maximum absolute atomic E-state index is 14.2. The van der Waals surface area contributed by atoms with Crippen LogP contribution in [0.1, 0.15) is 121 Å². The number of amides is 7. The van der Waals surface area contributed by atoms with Gasteiger partial charge < -0.3 is 31.1 Å². The molecule has 20 heteroatoms. The number of unbranched alkanes of at least 4 members (excludes halogenated alkanes) is 4. The van der Waals surface area contributed by atoms with Gasteiger partial charge in [0, 0.05) is 70.3 Å². The van der Waals surface area contributed by atoms with Crippen LogP contribution in [0.15, 0.2) is 48.7 Å². The van der Waals surface area contributed by atoms with Crippen LogP contribution >= 0.6 is 0 Å². The predicted octanol–water partition coefficient (Wildman–Crippen LogP) is 4.51. The molecule has 1 unspecified atom stereocenters. The molecule has 4 aliphatic heterocycles. The smallest absolute Gasteiger partial charge is 0.266 e. The van der Waals surface area contributed by atoms with Crippen LogP contribution in [0, 0.1) is 11.3 Å². The second kappa shape index (κ2) is 22.0. The van der Waals surface area contributed by atoms with Gasteiger partial charge in [-0.2, -0.15) is 5.26 Å². The van der Waals surface area contributed by atoms with Crippen molar-refractivity contribution in [3.05, 3.63) is 70.9 Å². The van der Waals surface area contributed by atoms with E-state index < -0.39 is 42.1 Å². The molecule has 0 radical (unpaired) electrons. The van der Waals surface area contributed by atoms with Crippen molar-refractivity contribution in [3.63, 3.8) is 0 Å². The van der Waals surface area contributed by atoms with Gasteiger partial charge in [-0.1, -0.05) is 18.9 Å². The molecule has 4 aliphatic rings. The summed E-state index contributed by atoms with van der Waals surface area (Å²) in [5.41, 5.74) is 1.84. The molecule has 3 fully saturated rings. The molecular weight excluding hydrogens is 869 g/mol. The monoisotopic (exact) mass is 923 g/mol. The van der Waals surface area contributed by atoms with Crippen LogP contribution in [0.4, 0.5) is 31.9 Å². The van der Waals surface area contributed by atoms with Crippen LogP contribution in [0.25, 0.3) is 0 Å². The van der Waals surface area contributed by atoms with E-state index in [9.17, 15) is 47.6 Å². The van der Waals surface area contributed by atoms with E-state index in [1.54, 1.807) is 29.2 Å². The first-order valence-electron chi connectivity index (χ1n) is 23.0. The number of pyridine rings is 2. The fourth-order valence-electron chi connectivity index (χ4n) is 8.86. The first-order valence-corrected chi connectivity index (χ1v) is 23.0. The molecule has 1 atom stereocenters. The number of hydrogen-bond acceptors (Lipinski definition) is 13. The number of imide groups is 2. The number of fused-ring (bicyclic) bond motifs is 1. The molecule has 3 aromatic rings. The Kier molecular flexibility index (Phi) is 15.7. The number of hydrogen-bond donors (Lipinski definition) is 5. The number of halogens is 2. The third kappa shape index (κ3) is 12.4. The van der Waals surface area contributed by atoms with Crippen molar-refractivity contribution >= 4 is 64.5 Å². The van der Waals surface area contributed by atoms with Gasteiger partial charge in [-0.3, -0.25) is 43.8 Å². The molecule has 354 valence electrons. The number of piperidine rings is 2. The largest absolute Gasteiger partial charge is 0.375 e. The maximum Gasteiger partial charge on any atom is 0.266 e. The van der Waals surface area contributed by atoms with Gasteiger partial charge in [0.25, 0.3) is 17.7 Å². The van der Waals surface area contributed by atoms with Gasteiger partial charge in [-0.15, -0.1) is 0 Å². The summed E-state index contributed by atoms with van der Waals surface area (Å²) in [6.07, 6.45) is 7.90. The molecule has 1 aromatic carbocycles. The molecule has 5 N–H and O–H groups in total. The minimum Gasteiger partial charge on any atom is -0.375 e. The Morgan fingerprint density at radius 2 is 1.60 bits per heavy atom. The Bertz CT molecular complexity index is 2420. The first kappa shape index (κ1) is 47.9. The highest BCUT2D eigenvalue weighted by Crippen LogP contribution is 2.36. The number of nitriles is 1. The minimum absolute atomic E-state index is 0.0116. The Morgan fingerprint density at radius 3 is 2.31 bits per heavy atom. The second-order valence-corrected chi connectivity index (χ2v) is 17.3. The summed E-state index contributed by atoms with van der Waals surface area (Å²) < 4.78 is 28.3. The van der Waals surface area contributed by atoms with Crippen molar-refractivity contribution in [2.75, 3.05) is 61.3 Å². The van der Waals surface area contributed by atoms with Gasteiger partial charge in [0.05, 0.1) is 35.8 Å². The molecule has 0 saturated carbocycles. The Labute approximate surface area is 386 Å². The SMILES string of the molecule is N#Cc1ccnc(Nc2cc(C3CCN(C(=O)CCCCCCC(=O)NCCCCNC(=O)CNc4cccc5c4C(=O)N(C4CCC(=O)NC4=O)C5=O)CC3)cc(N3CCC(F)(F)C3)n2)c1. The van der Waals surface area contributed by atoms with Crippen LogP contribution in [-0.2, 0) is 24.0 Å². The zero-order valence-electron chi connectivity index (χ0n) is 37.2. The van der Waals surface area contributed by atoms with Crippen LogP contribution < -0.4 is 31.5 Å². The van der Waals surface area contributed by atoms with Crippen molar-refractivity contribution in [1.29, 1.82) is 5.26 Å².